The maximum Gasteiger partial charge on any atom is 0.249 e. The maximum absolute atomic E-state index is 6.73. The number of fused-ring (bicyclic) bond motifs is 1. The highest BCUT2D eigenvalue weighted by molar-refractivity contribution is 7.56. The van der Waals surface area contributed by atoms with E-state index >= 15 is 0 Å². The first kappa shape index (κ1) is 18.7. The molecule has 0 radical (unpaired) electrons. The van der Waals surface area contributed by atoms with Crippen LogP contribution in [0.4, 0.5) is 11.4 Å². The van der Waals surface area contributed by atoms with Crippen LogP contribution in [0.25, 0.3) is 0 Å². The van der Waals surface area contributed by atoms with E-state index in [0.29, 0.717) is 18.7 Å². The second-order valence-corrected chi connectivity index (χ2v) is 9.42. The second-order valence-electron chi connectivity index (χ2n) is 7.79. The fourth-order valence-electron chi connectivity index (χ4n) is 4.59. The summed E-state index contributed by atoms with van der Waals surface area (Å²) in [4.78, 5) is 0. The van der Waals surface area contributed by atoms with Gasteiger partial charge in [-0.2, -0.15) is 0 Å². The summed E-state index contributed by atoms with van der Waals surface area (Å²) in [5.74, 6) is 0. The highest BCUT2D eigenvalue weighted by atomic mass is 31.2. The fourth-order valence-corrected chi connectivity index (χ4v) is 7.02. The quantitative estimate of drug-likeness (QED) is 0.438. The predicted octanol–water partition coefficient (Wildman–Crippen LogP) is 6.77. The standard InChI is InChI=1S/C25H27N2OP/c1-4-12-21(13-5-1)20-28-29-26(22-14-6-2-7-15-22)24-18-10-11-19-25(24)27(29)23-16-8-3-9-17-23/h1-9,12-17,24-25H,10-11,18-20H2. The van der Waals surface area contributed by atoms with E-state index in [1.807, 2.05) is 0 Å². The number of hydrogen-bond donors (Lipinski definition) is 0. The summed E-state index contributed by atoms with van der Waals surface area (Å²) in [6.07, 6.45) is 5.07. The lowest BCUT2D eigenvalue weighted by Gasteiger charge is -2.32. The summed E-state index contributed by atoms with van der Waals surface area (Å²) in [6, 6.07) is 33.3. The minimum atomic E-state index is -0.932. The molecule has 1 saturated heterocycles. The molecule has 2 unspecified atom stereocenters. The van der Waals surface area contributed by atoms with E-state index in [0.717, 1.165) is 0 Å². The van der Waals surface area contributed by atoms with Crippen molar-refractivity contribution in [3.8, 4) is 0 Å². The van der Waals surface area contributed by atoms with E-state index in [2.05, 4.69) is 100 Å². The van der Waals surface area contributed by atoms with Gasteiger partial charge in [0.2, 0.25) is 8.45 Å². The molecule has 0 aromatic heterocycles. The molecule has 2 aliphatic rings. The van der Waals surface area contributed by atoms with E-state index in [4.69, 9.17) is 4.52 Å². The molecule has 2 fully saturated rings. The normalized spacial score (nSPS) is 23.8. The summed E-state index contributed by atoms with van der Waals surface area (Å²) in [7, 11) is -0.932. The van der Waals surface area contributed by atoms with Crippen molar-refractivity contribution < 1.29 is 4.52 Å². The zero-order chi connectivity index (χ0) is 19.5. The van der Waals surface area contributed by atoms with Gasteiger partial charge in [0.25, 0.3) is 0 Å². The molecular formula is C25H27N2OP. The van der Waals surface area contributed by atoms with Gasteiger partial charge in [0.05, 0.1) is 18.7 Å². The number of rotatable bonds is 5. The van der Waals surface area contributed by atoms with Gasteiger partial charge < -0.3 is 13.9 Å². The lowest BCUT2D eigenvalue weighted by Crippen LogP contribution is -2.40. The monoisotopic (exact) mass is 402 g/mol. The summed E-state index contributed by atoms with van der Waals surface area (Å²) in [5, 5.41) is 0. The molecule has 1 saturated carbocycles. The van der Waals surface area contributed by atoms with Gasteiger partial charge in [0.1, 0.15) is 0 Å². The molecule has 5 rings (SSSR count). The van der Waals surface area contributed by atoms with Crippen LogP contribution in [0.15, 0.2) is 91.0 Å². The SMILES string of the molecule is c1ccc(COP2N(c3ccccc3)C3CCCCC3N2c2ccccc2)cc1. The van der Waals surface area contributed by atoms with Crippen molar-refractivity contribution in [3.63, 3.8) is 0 Å². The highest BCUT2D eigenvalue weighted by Gasteiger charge is 2.49. The molecule has 4 heteroatoms. The molecule has 0 N–H and O–H groups in total. The molecule has 1 heterocycles. The number of para-hydroxylation sites is 2. The summed E-state index contributed by atoms with van der Waals surface area (Å²) >= 11 is 0. The van der Waals surface area contributed by atoms with Gasteiger partial charge >= 0.3 is 0 Å². The Bertz CT molecular complexity index is 850. The summed E-state index contributed by atoms with van der Waals surface area (Å²) in [6.45, 7) is 0.638. The van der Waals surface area contributed by atoms with Crippen LogP contribution < -0.4 is 9.34 Å². The Labute approximate surface area is 174 Å². The zero-order valence-corrected chi connectivity index (χ0v) is 17.5. The Morgan fingerprint density at radius 3 is 1.59 bits per heavy atom. The van der Waals surface area contributed by atoms with Gasteiger partial charge in [-0.05, 0) is 42.7 Å². The largest absolute Gasteiger partial charge is 0.318 e. The van der Waals surface area contributed by atoms with Gasteiger partial charge in [-0.15, -0.1) is 0 Å². The lowest BCUT2D eigenvalue weighted by atomic mass is 9.90. The average Bonchev–Trinajstić information content (AvgIpc) is 3.13. The number of hydrogen-bond acceptors (Lipinski definition) is 3. The van der Waals surface area contributed by atoms with Crippen LogP contribution >= 0.6 is 8.45 Å². The molecule has 0 spiro atoms. The molecular weight excluding hydrogens is 375 g/mol. The van der Waals surface area contributed by atoms with Gasteiger partial charge in [0, 0.05) is 11.4 Å². The van der Waals surface area contributed by atoms with Crippen LogP contribution in [-0.4, -0.2) is 12.1 Å². The maximum atomic E-state index is 6.73. The molecule has 0 bridgehead atoms. The van der Waals surface area contributed by atoms with Gasteiger partial charge in [0.15, 0.2) is 0 Å². The van der Waals surface area contributed by atoms with Gasteiger partial charge in [-0.3, -0.25) is 0 Å². The van der Waals surface area contributed by atoms with E-state index in [-0.39, 0.29) is 0 Å². The highest BCUT2D eigenvalue weighted by Crippen LogP contribution is 2.61. The van der Waals surface area contributed by atoms with E-state index in [1.165, 1.54) is 42.6 Å². The molecule has 1 aliphatic carbocycles. The van der Waals surface area contributed by atoms with E-state index in [1.54, 1.807) is 0 Å². The Kier molecular flexibility index (Phi) is 5.51. The number of anilines is 2. The molecule has 148 valence electrons. The third kappa shape index (κ3) is 3.77. The molecule has 1 aliphatic heterocycles. The minimum absolute atomic E-state index is 0.508. The van der Waals surface area contributed by atoms with Crippen molar-refractivity contribution in [1.29, 1.82) is 0 Å². The third-order valence-corrected chi connectivity index (χ3v) is 8.07. The molecule has 0 amide bonds. The van der Waals surface area contributed by atoms with Gasteiger partial charge in [-0.25, -0.2) is 0 Å². The van der Waals surface area contributed by atoms with Crippen LogP contribution in [0.3, 0.4) is 0 Å². The fraction of sp³-hybridized carbons (Fsp3) is 0.280. The van der Waals surface area contributed by atoms with Crippen molar-refractivity contribution in [2.24, 2.45) is 0 Å². The summed E-state index contributed by atoms with van der Waals surface area (Å²) in [5.41, 5.74) is 3.79. The minimum Gasteiger partial charge on any atom is -0.318 e. The topological polar surface area (TPSA) is 15.7 Å². The zero-order valence-electron chi connectivity index (χ0n) is 16.6. The number of nitrogens with zero attached hydrogens (tertiary/aromatic N) is 2. The smallest absolute Gasteiger partial charge is 0.249 e. The molecule has 2 atom stereocenters. The molecule has 3 aromatic carbocycles. The van der Waals surface area contributed by atoms with Crippen LogP contribution in [0.1, 0.15) is 31.2 Å². The summed E-state index contributed by atoms with van der Waals surface area (Å²) < 4.78 is 11.9. The Balaban J connectivity index is 1.53. The first-order valence-corrected chi connectivity index (χ1v) is 11.7. The van der Waals surface area contributed by atoms with E-state index in [9.17, 15) is 0 Å². The molecule has 3 nitrogen and oxygen atoms in total. The van der Waals surface area contributed by atoms with Crippen molar-refractivity contribution in [1.82, 2.24) is 0 Å². The van der Waals surface area contributed by atoms with Crippen LogP contribution in [0, 0.1) is 0 Å². The Hall–Kier alpha value is -2.35. The lowest BCUT2D eigenvalue weighted by molar-refractivity contribution is 0.340. The van der Waals surface area contributed by atoms with Crippen LogP contribution in [0.5, 0.6) is 0 Å². The van der Waals surface area contributed by atoms with Crippen molar-refractivity contribution >= 4 is 19.8 Å². The van der Waals surface area contributed by atoms with Crippen molar-refractivity contribution in [2.75, 3.05) is 9.34 Å². The van der Waals surface area contributed by atoms with Crippen molar-refractivity contribution in [3.05, 3.63) is 96.6 Å². The Morgan fingerprint density at radius 1 is 0.655 bits per heavy atom. The molecule has 29 heavy (non-hydrogen) atoms. The van der Waals surface area contributed by atoms with E-state index < -0.39 is 8.45 Å². The van der Waals surface area contributed by atoms with Crippen LogP contribution in [0.2, 0.25) is 0 Å². The van der Waals surface area contributed by atoms with Gasteiger partial charge in [-0.1, -0.05) is 79.6 Å². The number of benzene rings is 3. The molecule has 3 aromatic rings. The average molecular weight is 402 g/mol. The third-order valence-electron chi connectivity index (χ3n) is 5.92. The predicted molar refractivity (Wildman–Crippen MR) is 122 cm³/mol. The first-order valence-electron chi connectivity index (χ1n) is 10.6. The van der Waals surface area contributed by atoms with Crippen LogP contribution in [-0.2, 0) is 11.1 Å². The Morgan fingerprint density at radius 2 is 1.10 bits per heavy atom. The first-order chi connectivity index (χ1) is 14.4. The van der Waals surface area contributed by atoms with Crippen molar-refractivity contribution in [2.45, 2.75) is 44.4 Å². The second kappa shape index (κ2) is 8.57.